The molecule has 7 nitrogen and oxygen atoms in total. The molecule has 0 unspecified atom stereocenters. The van der Waals surface area contributed by atoms with Gasteiger partial charge in [0.15, 0.2) is 0 Å². The minimum Gasteiger partial charge on any atom is -0.357 e. The Hall–Kier alpha value is -2.83. The lowest BCUT2D eigenvalue weighted by Crippen LogP contribution is -2.29. The van der Waals surface area contributed by atoms with Crippen molar-refractivity contribution in [1.82, 2.24) is 25.1 Å². The molecule has 3 aromatic rings. The SMILES string of the molecule is CCc1ncncc1-c1nc(-c2ccc(N3CCCCC3)nc2)no1. The van der Waals surface area contributed by atoms with E-state index in [4.69, 9.17) is 4.52 Å². The topological polar surface area (TPSA) is 80.8 Å². The summed E-state index contributed by atoms with van der Waals surface area (Å²) in [5, 5.41) is 4.09. The molecule has 3 aromatic heterocycles. The lowest BCUT2D eigenvalue weighted by Gasteiger charge is -2.27. The fraction of sp³-hybridized carbons (Fsp3) is 0.389. The van der Waals surface area contributed by atoms with Crippen molar-refractivity contribution in [2.24, 2.45) is 0 Å². The maximum absolute atomic E-state index is 5.41. The molecule has 25 heavy (non-hydrogen) atoms. The maximum Gasteiger partial charge on any atom is 0.261 e. The summed E-state index contributed by atoms with van der Waals surface area (Å²) >= 11 is 0. The van der Waals surface area contributed by atoms with Crippen molar-refractivity contribution < 1.29 is 4.52 Å². The van der Waals surface area contributed by atoms with Crippen LogP contribution in [-0.4, -0.2) is 38.2 Å². The van der Waals surface area contributed by atoms with Crippen LogP contribution in [0.4, 0.5) is 5.82 Å². The third-order valence-corrected chi connectivity index (χ3v) is 4.47. The van der Waals surface area contributed by atoms with Crippen molar-refractivity contribution in [3.8, 4) is 22.8 Å². The monoisotopic (exact) mass is 336 g/mol. The first kappa shape index (κ1) is 15.7. The summed E-state index contributed by atoms with van der Waals surface area (Å²) < 4.78 is 5.41. The smallest absolute Gasteiger partial charge is 0.261 e. The summed E-state index contributed by atoms with van der Waals surface area (Å²) in [5.41, 5.74) is 2.51. The minimum atomic E-state index is 0.438. The van der Waals surface area contributed by atoms with Crippen molar-refractivity contribution in [3.63, 3.8) is 0 Å². The van der Waals surface area contributed by atoms with Crippen molar-refractivity contribution in [2.45, 2.75) is 32.6 Å². The number of hydrogen-bond acceptors (Lipinski definition) is 7. The Morgan fingerprint density at radius 2 is 1.96 bits per heavy atom. The largest absolute Gasteiger partial charge is 0.357 e. The van der Waals surface area contributed by atoms with E-state index >= 15 is 0 Å². The third-order valence-electron chi connectivity index (χ3n) is 4.47. The van der Waals surface area contributed by atoms with E-state index in [2.05, 4.69) is 30.0 Å². The molecule has 4 heterocycles. The fourth-order valence-corrected chi connectivity index (χ4v) is 3.09. The number of anilines is 1. The van der Waals surface area contributed by atoms with E-state index in [1.165, 1.54) is 25.6 Å². The molecular formula is C18H20N6O. The van der Waals surface area contributed by atoms with Gasteiger partial charge in [0.25, 0.3) is 5.89 Å². The van der Waals surface area contributed by atoms with E-state index in [-0.39, 0.29) is 0 Å². The molecule has 0 atom stereocenters. The minimum absolute atomic E-state index is 0.438. The summed E-state index contributed by atoms with van der Waals surface area (Å²) in [6.45, 7) is 4.19. The number of aromatic nitrogens is 5. The van der Waals surface area contributed by atoms with Crippen LogP contribution < -0.4 is 4.90 Å². The van der Waals surface area contributed by atoms with Crippen LogP contribution in [0.15, 0.2) is 35.4 Å². The molecular weight excluding hydrogens is 316 g/mol. The van der Waals surface area contributed by atoms with Gasteiger partial charge < -0.3 is 9.42 Å². The first-order valence-corrected chi connectivity index (χ1v) is 8.69. The van der Waals surface area contributed by atoms with E-state index in [1.807, 2.05) is 19.1 Å². The Bertz CT molecular complexity index is 839. The van der Waals surface area contributed by atoms with Gasteiger partial charge in [-0.3, -0.25) is 0 Å². The molecule has 0 saturated carbocycles. The molecule has 1 aliphatic rings. The summed E-state index contributed by atoms with van der Waals surface area (Å²) in [4.78, 5) is 19.7. The predicted molar refractivity (Wildman–Crippen MR) is 94.0 cm³/mol. The van der Waals surface area contributed by atoms with Crippen LogP contribution in [0.1, 0.15) is 31.9 Å². The summed E-state index contributed by atoms with van der Waals surface area (Å²) in [5.74, 6) is 1.98. The number of rotatable bonds is 4. The second-order valence-corrected chi connectivity index (χ2v) is 6.11. The Morgan fingerprint density at radius 3 is 2.72 bits per heavy atom. The number of aryl methyl sites for hydroxylation is 1. The third kappa shape index (κ3) is 3.22. The van der Waals surface area contributed by atoms with Crippen molar-refractivity contribution in [1.29, 1.82) is 0 Å². The average Bonchev–Trinajstić information content (AvgIpc) is 3.19. The summed E-state index contributed by atoms with van der Waals surface area (Å²) in [6, 6.07) is 4.02. The standard InChI is InChI=1S/C18H20N6O/c1-2-15-14(11-19-12-21-15)18-22-17(23-25-18)13-6-7-16(20-10-13)24-8-4-3-5-9-24/h6-7,10-12H,2-5,8-9H2,1H3. The van der Waals surface area contributed by atoms with Crippen LogP contribution in [0.2, 0.25) is 0 Å². The van der Waals surface area contributed by atoms with Crippen LogP contribution in [0, 0.1) is 0 Å². The molecule has 0 aromatic carbocycles. The van der Waals surface area contributed by atoms with Crippen molar-refractivity contribution >= 4 is 5.82 Å². The molecule has 0 amide bonds. The molecule has 1 fully saturated rings. The van der Waals surface area contributed by atoms with Gasteiger partial charge in [-0.05, 0) is 37.8 Å². The first-order valence-electron chi connectivity index (χ1n) is 8.69. The normalized spacial score (nSPS) is 14.7. The lowest BCUT2D eigenvalue weighted by molar-refractivity contribution is 0.431. The first-order chi connectivity index (χ1) is 12.3. The Balaban J connectivity index is 1.57. The van der Waals surface area contributed by atoms with Crippen LogP contribution in [0.25, 0.3) is 22.8 Å². The Morgan fingerprint density at radius 1 is 1.08 bits per heavy atom. The number of piperidine rings is 1. The number of nitrogens with zero attached hydrogens (tertiary/aromatic N) is 6. The Labute approximate surface area is 146 Å². The van der Waals surface area contributed by atoms with Gasteiger partial charge in [0.05, 0.1) is 11.3 Å². The van der Waals surface area contributed by atoms with Gasteiger partial charge in [0, 0.05) is 31.0 Å². The average molecular weight is 336 g/mol. The van der Waals surface area contributed by atoms with E-state index in [0.29, 0.717) is 11.7 Å². The van der Waals surface area contributed by atoms with Gasteiger partial charge in [-0.2, -0.15) is 4.98 Å². The molecule has 1 saturated heterocycles. The zero-order valence-corrected chi connectivity index (χ0v) is 14.2. The second-order valence-electron chi connectivity index (χ2n) is 6.11. The van der Waals surface area contributed by atoms with E-state index < -0.39 is 0 Å². The highest BCUT2D eigenvalue weighted by atomic mass is 16.5. The van der Waals surface area contributed by atoms with E-state index in [1.54, 1.807) is 12.4 Å². The number of pyridine rings is 1. The molecule has 0 aliphatic carbocycles. The van der Waals surface area contributed by atoms with Gasteiger partial charge >= 0.3 is 0 Å². The summed E-state index contributed by atoms with van der Waals surface area (Å²) in [7, 11) is 0. The van der Waals surface area contributed by atoms with Crippen molar-refractivity contribution in [2.75, 3.05) is 18.0 Å². The molecule has 128 valence electrons. The van der Waals surface area contributed by atoms with Gasteiger partial charge in [0.2, 0.25) is 5.82 Å². The van der Waals surface area contributed by atoms with Crippen LogP contribution in [0.5, 0.6) is 0 Å². The van der Waals surface area contributed by atoms with Gasteiger partial charge in [-0.15, -0.1) is 0 Å². The molecule has 0 spiro atoms. The maximum atomic E-state index is 5.41. The lowest BCUT2D eigenvalue weighted by atomic mass is 10.1. The Kier molecular flexibility index (Phi) is 4.37. The van der Waals surface area contributed by atoms with Crippen LogP contribution in [-0.2, 0) is 6.42 Å². The van der Waals surface area contributed by atoms with E-state index in [0.717, 1.165) is 42.1 Å². The zero-order valence-electron chi connectivity index (χ0n) is 14.2. The van der Waals surface area contributed by atoms with E-state index in [9.17, 15) is 0 Å². The molecule has 1 aliphatic heterocycles. The highest BCUT2D eigenvalue weighted by Crippen LogP contribution is 2.25. The predicted octanol–water partition coefficient (Wildman–Crippen LogP) is 3.14. The molecule has 4 rings (SSSR count). The summed E-state index contributed by atoms with van der Waals surface area (Å²) in [6.07, 6.45) is 9.60. The quantitative estimate of drug-likeness (QED) is 0.724. The van der Waals surface area contributed by atoms with Gasteiger partial charge in [-0.1, -0.05) is 12.1 Å². The van der Waals surface area contributed by atoms with Gasteiger partial charge in [-0.25, -0.2) is 15.0 Å². The highest BCUT2D eigenvalue weighted by Gasteiger charge is 2.16. The van der Waals surface area contributed by atoms with Gasteiger partial charge in [0.1, 0.15) is 12.1 Å². The van der Waals surface area contributed by atoms with Crippen LogP contribution in [0.3, 0.4) is 0 Å². The molecule has 0 N–H and O–H groups in total. The highest BCUT2D eigenvalue weighted by molar-refractivity contribution is 5.61. The molecule has 0 bridgehead atoms. The fourth-order valence-electron chi connectivity index (χ4n) is 3.09. The second kappa shape index (κ2) is 6.96. The van der Waals surface area contributed by atoms with Crippen molar-refractivity contribution in [3.05, 3.63) is 36.5 Å². The van der Waals surface area contributed by atoms with Crippen LogP contribution >= 0.6 is 0 Å². The molecule has 7 heteroatoms. The number of hydrogen-bond donors (Lipinski definition) is 0. The molecule has 0 radical (unpaired) electrons. The zero-order chi connectivity index (χ0) is 17.1.